The van der Waals surface area contributed by atoms with Crippen LogP contribution in [0.1, 0.15) is 36.0 Å². The van der Waals surface area contributed by atoms with E-state index in [1.165, 1.54) is 12.3 Å². The Morgan fingerprint density at radius 2 is 1.65 bits per heavy atom. The summed E-state index contributed by atoms with van der Waals surface area (Å²) in [4.78, 5) is 13.5. The molecule has 7 rings (SSSR count). The minimum atomic E-state index is -2.25. The Morgan fingerprint density at radius 1 is 0.775 bits per heavy atom. The predicted molar refractivity (Wildman–Crippen MR) is 161 cm³/mol. The summed E-state index contributed by atoms with van der Waals surface area (Å²) < 4.78 is 34.3. The van der Waals surface area contributed by atoms with Crippen LogP contribution in [0.3, 0.4) is 0 Å². The van der Waals surface area contributed by atoms with Gasteiger partial charge in [0.2, 0.25) is 0 Å². The summed E-state index contributed by atoms with van der Waals surface area (Å²) in [6.07, 6.45) is 6.90. The molecule has 0 aliphatic carbocycles. The number of nitrogens with zero attached hydrogens (tertiary/aromatic N) is 5. The first kappa shape index (κ1) is 20.9. The summed E-state index contributed by atoms with van der Waals surface area (Å²) in [6.45, 7) is 4.29. The molecule has 0 unspecified atom stereocenters. The Morgan fingerprint density at radius 3 is 2.52 bits per heavy atom. The van der Waals surface area contributed by atoms with Crippen LogP contribution in [-0.4, -0.2) is 24.1 Å². The van der Waals surface area contributed by atoms with Gasteiger partial charge in [-0.25, -0.2) is 9.97 Å². The van der Waals surface area contributed by atoms with E-state index in [9.17, 15) is 0 Å². The maximum Gasteiger partial charge on any atom is 0.137 e. The molecule has 0 saturated carbocycles. The minimum Gasteiger partial charge on any atom is -0.457 e. The highest BCUT2D eigenvalue weighted by atomic mass is 16.5. The van der Waals surface area contributed by atoms with Gasteiger partial charge in [0.25, 0.3) is 0 Å². The van der Waals surface area contributed by atoms with Crippen molar-refractivity contribution >= 4 is 32.8 Å². The molecular formula is C34H29N5O. The number of imidazole rings is 1. The van der Waals surface area contributed by atoms with Gasteiger partial charge in [0.1, 0.15) is 23.6 Å². The maximum atomic E-state index is 7.91. The molecule has 4 aromatic heterocycles. The van der Waals surface area contributed by atoms with Crippen molar-refractivity contribution < 1.29 is 8.85 Å². The molecule has 7 aromatic rings. The number of pyridine rings is 2. The lowest BCUT2D eigenvalue weighted by atomic mass is 9.86. The largest absolute Gasteiger partial charge is 0.457 e. The van der Waals surface area contributed by atoms with Crippen LogP contribution in [0.5, 0.6) is 11.5 Å². The van der Waals surface area contributed by atoms with Crippen LogP contribution in [0, 0.1) is 6.85 Å². The second kappa shape index (κ2) is 9.06. The van der Waals surface area contributed by atoms with E-state index >= 15 is 0 Å². The molecule has 0 spiro atoms. The quantitative estimate of drug-likeness (QED) is 0.231. The van der Waals surface area contributed by atoms with Gasteiger partial charge in [0.15, 0.2) is 0 Å². The van der Waals surface area contributed by atoms with E-state index in [2.05, 4.69) is 58.5 Å². The van der Waals surface area contributed by atoms with E-state index in [-0.39, 0.29) is 11.0 Å². The molecule has 0 bridgehead atoms. The first-order valence-corrected chi connectivity index (χ1v) is 13.2. The van der Waals surface area contributed by atoms with Crippen molar-refractivity contribution in [3.63, 3.8) is 0 Å². The van der Waals surface area contributed by atoms with Crippen molar-refractivity contribution in [2.45, 2.75) is 33.0 Å². The number of aromatic nitrogens is 5. The van der Waals surface area contributed by atoms with Gasteiger partial charge in [-0.1, -0.05) is 32.9 Å². The molecule has 0 aliphatic heterocycles. The normalized spacial score (nSPS) is 13.4. The zero-order valence-corrected chi connectivity index (χ0v) is 22.5. The summed E-state index contributed by atoms with van der Waals surface area (Å²) in [7, 11) is 0. The molecule has 3 aromatic carbocycles. The second-order valence-electron chi connectivity index (χ2n) is 11.0. The smallest absolute Gasteiger partial charge is 0.137 e. The summed E-state index contributed by atoms with van der Waals surface area (Å²) in [5, 5.41) is 1.97. The first-order chi connectivity index (χ1) is 20.6. The fourth-order valence-corrected chi connectivity index (χ4v) is 5.21. The summed E-state index contributed by atoms with van der Waals surface area (Å²) in [5.41, 5.74) is 5.81. The molecule has 6 nitrogen and oxygen atoms in total. The summed E-state index contributed by atoms with van der Waals surface area (Å²) >= 11 is 0. The number of para-hydroxylation sites is 2. The summed E-state index contributed by atoms with van der Waals surface area (Å²) in [5.74, 6) is 1.85. The van der Waals surface area contributed by atoms with Gasteiger partial charge >= 0.3 is 0 Å². The molecular weight excluding hydrogens is 494 g/mol. The number of fused-ring (bicyclic) bond motifs is 4. The standard InChI is InChI=1S/C34H29N5O/c1-22-11-14-36-33(15-22)39-31-19-25(9-10-27(31)28-12-13-35-20-32(28)39)40-26-17-23(34(2,3)4)16-24(18-26)38-21-37-29-7-5-6-8-30(29)38/h5-21H,1-4H3/i1D3. The fourth-order valence-electron chi connectivity index (χ4n) is 5.21. The lowest BCUT2D eigenvalue weighted by molar-refractivity contribution is 0.479. The Hall–Kier alpha value is -4.97. The van der Waals surface area contributed by atoms with Crippen molar-refractivity contribution in [2.75, 3.05) is 0 Å². The van der Waals surface area contributed by atoms with E-state index in [4.69, 9.17) is 8.85 Å². The third-order valence-electron chi connectivity index (χ3n) is 7.24. The van der Waals surface area contributed by atoms with Crippen LogP contribution in [0.25, 0.3) is 44.3 Å². The van der Waals surface area contributed by atoms with Gasteiger partial charge in [0, 0.05) is 39.4 Å². The van der Waals surface area contributed by atoms with Crippen molar-refractivity contribution in [3.05, 3.63) is 115 Å². The summed E-state index contributed by atoms with van der Waals surface area (Å²) in [6, 6.07) is 25.4. The van der Waals surface area contributed by atoms with Gasteiger partial charge in [-0.3, -0.25) is 14.1 Å². The highest BCUT2D eigenvalue weighted by molar-refractivity contribution is 6.09. The second-order valence-corrected chi connectivity index (χ2v) is 11.0. The average Bonchev–Trinajstić information content (AvgIpc) is 3.55. The molecule has 0 saturated heterocycles. The third kappa shape index (κ3) is 4.09. The van der Waals surface area contributed by atoms with E-state index in [0.717, 1.165) is 44.1 Å². The van der Waals surface area contributed by atoms with Crippen LogP contribution in [0.15, 0.2) is 104 Å². The van der Waals surface area contributed by atoms with Gasteiger partial charge in [-0.2, -0.15) is 0 Å². The lowest BCUT2D eigenvalue weighted by Gasteiger charge is -2.22. The number of hydrogen-bond acceptors (Lipinski definition) is 4. The van der Waals surface area contributed by atoms with Crippen LogP contribution in [-0.2, 0) is 5.41 Å². The molecule has 0 radical (unpaired) electrons. The number of hydrogen-bond donors (Lipinski definition) is 0. The highest BCUT2D eigenvalue weighted by Crippen LogP contribution is 2.36. The first-order valence-electron chi connectivity index (χ1n) is 14.7. The minimum absolute atomic E-state index is 0.118. The van der Waals surface area contributed by atoms with Crippen LogP contribution < -0.4 is 4.74 Å². The van der Waals surface area contributed by atoms with E-state index in [1.807, 2.05) is 59.4 Å². The van der Waals surface area contributed by atoms with Gasteiger partial charge < -0.3 is 4.74 Å². The van der Waals surface area contributed by atoms with Gasteiger partial charge in [-0.05, 0) is 78.0 Å². The zero-order chi connectivity index (χ0) is 29.9. The Balaban J connectivity index is 1.37. The molecule has 0 aliphatic rings. The van der Waals surface area contributed by atoms with Crippen molar-refractivity contribution in [2.24, 2.45) is 0 Å². The van der Waals surface area contributed by atoms with E-state index in [0.29, 0.717) is 17.3 Å². The maximum absolute atomic E-state index is 7.91. The average molecular weight is 527 g/mol. The number of rotatable bonds is 4. The monoisotopic (exact) mass is 526 g/mol. The number of aryl methyl sites for hydroxylation is 1. The van der Waals surface area contributed by atoms with Gasteiger partial charge in [-0.15, -0.1) is 0 Å². The molecule has 0 amide bonds. The molecule has 6 heteroatoms. The Bertz CT molecular complexity index is 2150. The fraction of sp³-hybridized carbons (Fsp3) is 0.147. The molecule has 0 N–H and O–H groups in total. The van der Waals surface area contributed by atoms with Crippen molar-refractivity contribution in [3.8, 4) is 23.0 Å². The number of benzene rings is 3. The molecule has 0 fully saturated rings. The van der Waals surface area contributed by atoms with Crippen LogP contribution >= 0.6 is 0 Å². The van der Waals surface area contributed by atoms with Crippen molar-refractivity contribution in [1.29, 1.82) is 0 Å². The van der Waals surface area contributed by atoms with Crippen LogP contribution in [0.2, 0.25) is 0 Å². The topological polar surface area (TPSA) is 57.8 Å². The predicted octanol–water partition coefficient (Wildman–Crippen LogP) is 8.31. The van der Waals surface area contributed by atoms with Gasteiger partial charge in [0.05, 0.1) is 34.0 Å². The van der Waals surface area contributed by atoms with E-state index in [1.54, 1.807) is 18.5 Å². The third-order valence-corrected chi connectivity index (χ3v) is 7.24. The zero-order valence-electron chi connectivity index (χ0n) is 25.5. The van der Waals surface area contributed by atoms with Crippen LogP contribution in [0.4, 0.5) is 0 Å². The van der Waals surface area contributed by atoms with Crippen molar-refractivity contribution in [1.82, 2.24) is 24.1 Å². The molecule has 0 atom stereocenters. The Kier molecular flexibility index (Phi) is 4.74. The molecule has 196 valence electrons. The lowest BCUT2D eigenvalue weighted by Crippen LogP contribution is -2.12. The SMILES string of the molecule is [2H]C([2H])([2H])c1ccnc(-n2c3cnccc3c3ccc(Oc4cc(-n5cnc6ccccc65)cc(C(C)(C)C)c4)cc32)c1. The molecule has 40 heavy (non-hydrogen) atoms. The van der Waals surface area contributed by atoms with E-state index < -0.39 is 6.85 Å². The Labute approximate surface area is 236 Å². The molecule has 4 heterocycles. The number of ether oxygens (including phenoxy) is 1. The highest BCUT2D eigenvalue weighted by Gasteiger charge is 2.19.